The molecule has 0 saturated heterocycles. The fourth-order valence-electron chi connectivity index (χ4n) is 2.68. The summed E-state index contributed by atoms with van der Waals surface area (Å²) < 4.78 is 15.0. The van der Waals surface area contributed by atoms with Crippen molar-refractivity contribution in [2.45, 2.75) is 6.54 Å². The quantitative estimate of drug-likeness (QED) is 0.723. The molecule has 0 aliphatic rings. The predicted molar refractivity (Wildman–Crippen MR) is 96.1 cm³/mol. The number of nitrogens with one attached hydrogen (secondary N) is 1. The second-order valence-corrected chi connectivity index (χ2v) is 5.64. The standard InChI is InChI=1S/C20H18FN3O/c1-3-20(25)22-13-16-5-4-15(14-6-8-17(21)9-7-14)12-18(16)19-10-11-23-24(19)2/h3-12H,1,13H2,2H3,(H,22,25). The van der Waals surface area contributed by atoms with Crippen LogP contribution in [0.5, 0.6) is 0 Å². The van der Waals surface area contributed by atoms with E-state index in [2.05, 4.69) is 17.0 Å². The number of benzene rings is 2. The van der Waals surface area contributed by atoms with Crippen molar-refractivity contribution in [2.24, 2.45) is 7.05 Å². The summed E-state index contributed by atoms with van der Waals surface area (Å²) in [5, 5.41) is 7.02. The van der Waals surface area contributed by atoms with Crippen molar-refractivity contribution in [1.82, 2.24) is 15.1 Å². The Morgan fingerprint density at radius 3 is 2.56 bits per heavy atom. The van der Waals surface area contributed by atoms with Crippen LogP contribution in [0.2, 0.25) is 0 Å². The molecule has 0 aliphatic heterocycles. The molecule has 0 bridgehead atoms. The number of carbonyl (C=O) groups is 1. The molecule has 0 unspecified atom stereocenters. The lowest BCUT2D eigenvalue weighted by Gasteiger charge is -2.13. The second kappa shape index (κ2) is 7.13. The van der Waals surface area contributed by atoms with Crippen molar-refractivity contribution in [3.8, 4) is 22.4 Å². The number of carbonyl (C=O) groups excluding carboxylic acids is 1. The molecule has 0 atom stereocenters. The topological polar surface area (TPSA) is 46.9 Å². The Hall–Kier alpha value is -3.21. The van der Waals surface area contributed by atoms with Crippen molar-refractivity contribution in [3.05, 3.63) is 78.8 Å². The van der Waals surface area contributed by atoms with Crippen molar-refractivity contribution >= 4 is 5.91 Å². The Kier molecular flexibility index (Phi) is 4.75. The molecule has 4 nitrogen and oxygen atoms in total. The van der Waals surface area contributed by atoms with E-state index in [1.807, 2.05) is 31.3 Å². The maximum Gasteiger partial charge on any atom is 0.243 e. The minimum atomic E-state index is -0.264. The molecule has 1 N–H and O–H groups in total. The zero-order valence-electron chi connectivity index (χ0n) is 13.9. The van der Waals surface area contributed by atoms with E-state index < -0.39 is 0 Å². The highest BCUT2D eigenvalue weighted by Gasteiger charge is 2.11. The van der Waals surface area contributed by atoms with E-state index in [9.17, 15) is 9.18 Å². The van der Waals surface area contributed by atoms with Crippen LogP contribution < -0.4 is 5.32 Å². The third-order valence-corrected chi connectivity index (χ3v) is 4.02. The summed E-state index contributed by atoms with van der Waals surface area (Å²) in [6, 6.07) is 14.2. The highest BCUT2D eigenvalue weighted by molar-refractivity contribution is 5.87. The van der Waals surface area contributed by atoms with Crippen LogP contribution >= 0.6 is 0 Å². The smallest absolute Gasteiger partial charge is 0.243 e. The number of hydrogen-bond acceptors (Lipinski definition) is 2. The molecule has 1 amide bonds. The van der Waals surface area contributed by atoms with Crippen molar-refractivity contribution in [1.29, 1.82) is 0 Å². The summed E-state index contributed by atoms with van der Waals surface area (Å²) in [4.78, 5) is 11.5. The predicted octanol–water partition coefficient (Wildman–Crippen LogP) is 3.70. The molecule has 0 spiro atoms. The summed E-state index contributed by atoms with van der Waals surface area (Å²) in [6.45, 7) is 3.85. The van der Waals surface area contributed by atoms with E-state index in [0.717, 1.165) is 27.9 Å². The van der Waals surface area contributed by atoms with Gasteiger partial charge < -0.3 is 5.32 Å². The first-order valence-corrected chi connectivity index (χ1v) is 7.86. The van der Waals surface area contributed by atoms with Gasteiger partial charge in [0.2, 0.25) is 5.91 Å². The van der Waals surface area contributed by atoms with E-state index in [0.29, 0.717) is 6.54 Å². The van der Waals surface area contributed by atoms with Gasteiger partial charge in [-0.15, -0.1) is 0 Å². The normalized spacial score (nSPS) is 10.5. The molecular formula is C20H18FN3O. The third kappa shape index (κ3) is 3.66. The van der Waals surface area contributed by atoms with E-state index in [1.54, 1.807) is 23.0 Å². The lowest BCUT2D eigenvalue weighted by atomic mass is 9.97. The first-order valence-electron chi connectivity index (χ1n) is 7.86. The largest absolute Gasteiger partial charge is 0.348 e. The number of aromatic nitrogens is 2. The number of halogens is 1. The number of hydrogen-bond donors (Lipinski definition) is 1. The lowest BCUT2D eigenvalue weighted by molar-refractivity contribution is -0.116. The molecular weight excluding hydrogens is 317 g/mol. The Morgan fingerprint density at radius 2 is 1.92 bits per heavy atom. The maximum absolute atomic E-state index is 13.2. The zero-order chi connectivity index (χ0) is 17.8. The number of nitrogens with zero attached hydrogens (tertiary/aromatic N) is 2. The summed E-state index contributed by atoms with van der Waals surface area (Å²) in [6.07, 6.45) is 2.97. The highest BCUT2D eigenvalue weighted by atomic mass is 19.1. The SMILES string of the molecule is C=CC(=O)NCc1ccc(-c2ccc(F)cc2)cc1-c1ccnn1C. The monoisotopic (exact) mass is 335 g/mol. The minimum Gasteiger partial charge on any atom is -0.348 e. The molecule has 3 aromatic rings. The first kappa shape index (κ1) is 16.6. The van der Waals surface area contributed by atoms with E-state index in [-0.39, 0.29) is 11.7 Å². The zero-order valence-corrected chi connectivity index (χ0v) is 13.9. The highest BCUT2D eigenvalue weighted by Crippen LogP contribution is 2.29. The van der Waals surface area contributed by atoms with Crippen LogP contribution in [0.4, 0.5) is 4.39 Å². The summed E-state index contributed by atoms with van der Waals surface area (Å²) >= 11 is 0. The number of aryl methyl sites for hydroxylation is 1. The van der Waals surface area contributed by atoms with Crippen molar-refractivity contribution < 1.29 is 9.18 Å². The van der Waals surface area contributed by atoms with Gasteiger partial charge in [-0.25, -0.2) is 4.39 Å². The van der Waals surface area contributed by atoms with Gasteiger partial charge in [-0.05, 0) is 47.0 Å². The van der Waals surface area contributed by atoms with Gasteiger partial charge in [-0.2, -0.15) is 5.10 Å². The van der Waals surface area contributed by atoms with Crippen molar-refractivity contribution in [2.75, 3.05) is 0 Å². The van der Waals surface area contributed by atoms with Gasteiger partial charge in [0.05, 0.1) is 5.69 Å². The Bertz CT molecular complexity index is 913. The van der Waals surface area contributed by atoms with E-state index >= 15 is 0 Å². The Labute approximate surface area is 145 Å². The molecule has 2 aromatic carbocycles. The van der Waals surface area contributed by atoms with Crippen LogP contribution in [0.15, 0.2) is 67.4 Å². The molecule has 0 saturated carbocycles. The molecule has 126 valence electrons. The van der Waals surface area contributed by atoms with Gasteiger partial charge in [0.15, 0.2) is 0 Å². The van der Waals surface area contributed by atoms with Crippen LogP contribution in [0.1, 0.15) is 5.56 Å². The fraction of sp³-hybridized carbons (Fsp3) is 0.100. The molecule has 3 rings (SSSR count). The molecule has 0 aliphatic carbocycles. The summed E-state index contributed by atoms with van der Waals surface area (Å²) in [5.41, 5.74) is 4.75. The van der Waals surface area contributed by atoms with Gasteiger partial charge in [0.25, 0.3) is 0 Å². The molecule has 5 heteroatoms. The van der Waals surface area contributed by atoms with Gasteiger partial charge in [0, 0.05) is 25.4 Å². The molecule has 1 aromatic heterocycles. The first-order chi connectivity index (χ1) is 12.1. The summed E-state index contributed by atoms with van der Waals surface area (Å²) in [5.74, 6) is -0.488. The average molecular weight is 335 g/mol. The fourth-order valence-corrected chi connectivity index (χ4v) is 2.68. The van der Waals surface area contributed by atoms with Crippen LogP contribution in [0, 0.1) is 5.82 Å². The second-order valence-electron chi connectivity index (χ2n) is 5.64. The lowest BCUT2D eigenvalue weighted by Crippen LogP contribution is -2.20. The van der Waals surface area contributed by atoms with Gasteiger partial charge >= 0.3 is 0 Å². The van der Waals surface area contributed by atoms with Crippen LogP contribution in [0.3, 0.4) is 0 Å². The maximum atomic E-state index is 13.2. The molecule has 25 heavy (non-hydrogen) atoms. The van der Waals surface area contributed by atoms with Crippen LogP contribution in [-0.2, 0) is 18.4 Å². The Balaban J connectivity index is 2.04. The minimum absolute atomic E-state index is 0.224. The van der Waals surface area contributed by atoms with Gasteiger partial charge in [-0.1, -0.05) is 30.8 Å². The van der Waals surface area contributed by atoms with Crippen LogP contribution in [-0.4, -0.2) is 15.7 Å². The average Bonchev–Trinajstić information content (AvgIpc) is 3.06. The van der Waals surface area contributed by atoms with E-state index in [1.165, 1.54) is 18.2 Å². The third-order valence-electron chi connectivity index (χ3n) is 4.02. The van der Waals surface area contributed by atoms with Crippen LogP contribution in [0.25, 0.3) is 22.4 Å². The van der Waals surface area contributed by atoms with Gasteiger partial charge in [0.1, 0.15) is 5.82 Å². The Morgan fingerprint density at radius 1 is 1.20 bits per heavy atom. The summed E-state index contributed by atoms with van der Waals surface area (Å²) in [7, 11) is 1.87. The van der Waals surface area contributed by atoms with Crippen molar-refractivity contribution in [3.63, 3.8) is 0 Å². The molecule has 0 radical (unpaired) electrons. The number of amides is 1. The number of rotatable bonds is 5. The van der Waals surface area contributed by atoms with Gasteiger partial charge in [-0.3, -0.25) is 9.48 Å². The molecule has 0 fully saturated rings. The van der Waals surface area contributed by atoms with E-state index in [4.69, 9.17) is 0 Å². The molecule has 1 heterocycles.